The van der Waals surface area contributed by atoms with Gasteiger partial charge in [0.2, 0.25) is 0 Å². The maximum atomic E-state index is 10.4. The van der Waals surface area contributed by atoms with Crippen molar-refractivity contribution in [1.29, 1.82) is 0 Å². The number of aliphatic carboxylic acids is 1. The minimum atomic E-state index is -0.903. The Labute approximate surface area is 79.0 Å². The summed E-state index contributed by atoms with van der Waals surface area (Å²) in [7, 11) is 0. The number of aliphatic hydroxyl groups is 1. The molecule has 0 aromatic carbocycles. The Balaban J connectivity index is 3.95. The molecule has 0 aliphatic heterocycles. The molecule has 0 radical (unpaired) electrons. The number of hydrogen-bond donors (Lipinski definition) is 3. The van der Waals surface area contributed by atoms with Gasteiger partial charge in [0.05, 0.1) is 5.60 Å². The van der Waals surface area contributed by atoms with E-state index >= 15 is 0 Å². The highest BCUT2D eigenvalue weighted by atomic mass is 16.4. The van der Waals surface area contributed by atoms with Crippen LogP contribution in [-0.4, -0.2) is 34.4 Å². The lowest BCUT2D eigenvalue weighted by Gasteiger charge is -2.28. The van der Waals surface area contributed by atoms with Gasteiger partial charge in [-0.05, 0) is 19.8 Å². The molecule has 0 saturated heterocycles. The van der Waals surface area contributed by atoms with Crippen LogP contribution in [0.15, 0.2) is 0 Å². The minimum Gasteiger partial charge on any atom is -0.480 e. The van der Waals surface area contributed by atoms with Gasteiger partial charge in [-0.1, -0.05) is 13.8 Å². The minimum absolute atomic E-state index is 0.0981. The van der Waals surface area contributed by atoms with Gasteiger partial charge < -0.3 is 15.5 Å². The van der Waals surface area contributed by atoms with E-state index in [9.17, 15) is 9.90 Å². The SMILES string of the molecule is CC(NCC(C)(O)C(C)C)C(=O)O. The zero-order valence-corrected chi connectivity index (χ0v) is 8.66. The van der Waals surface area contributed by atoms with Crippen LogP contribution < -0.4 is 5.32 Å². The summed E-state index contributed by atoms with van der Waals surface area (Å²) in [4.78, 5) is 10.4. The van der Waals surface area contributed by atoms with Gasteiger partial charge in [-0.25, -0.2) is 0 Å². The molecular formula is C9H19NO3. The molecule has 0 aromatic heterocycles. The lowest BCUT2D eigenvalue weighted by molar-refractivity contribution is -0.139. The topological polar surface area (TPSA) is 69.6 Å². The summed E-state index contributed by atoms with van der Waals surface area (Å²) in [5, 5.41) is 21.1. The number of carbonyl (C=O) groups is 1. The molecule has 0 aliphatic rings. The highest BCUT2D eigenvalue weighted by Crippen LogP contribution is 2.14. The monoisotopic (exact) mass is 189 g/mol. The van der Waals surface area contributed by atoms with Crippen LogP contribution in [0, 0.1) is 5.92 Å². The maximum absolute atomic E-state index is 10.4. The van der Waals surface area contributed by atoms with Crippen molar-refractivity contribution in [2.45, 2.75) is 39.3 Å². The van der Waals surface area contributed by atoms with E-state index in [1.807, 2.05) is 13.8 Å². The zero-order valence-electron chi connectivity index (χ0n) is 8.66. The first-order valence-electron chi connectivity index (χ1n) is 4.46. The van der Waals surface area contributed by atoms with E-state index < -0.39 is 17.6 Å². The zero-order chi connectivity index (χ0) is 10.6. The van der Waals surface area contributed by atoms with Crippen molar-refractivity contribution in [3.05, 3.63) is 0 Å². The molecule has 4 heteroatoms. The molecule has 0 saturated carbocycles. The number of carboxylic acids is 1. The Hall–Kier alpha value is -0.610. The van der Waals surface area contributed by atoms with E-state index in [0.29, 0.717) is 0 Å². The van der Waals surface area contributed by atoms with Crippen LogP contribution in [0.25, 0.3) is 0 Å². The third kappa shape index (κ3) is 4.24. The van der Waals surface area contributed by atoms with Crippen molar-refractivity contribution in [2.75, 3.05) is 6.54 Å². The van der Waals surface area contributed by atoms with Gasteiger partial charge in [-0.2, -0.15) is 0 Å². The third-order valence-electron chi connectivity index (χ3n) is 2.38. The van der Waals surface area contributed by atoms with Crippen LogP contribution in [-0.2, 0) is 4.79 Å². The fraction of sp³-hybridized carbons (Fsp3) is 0.889. The molecule has 2 atom stereocenters. The summed E-state index contributed by atoms with van der Waals surface area (Å²) >= 11 is 0. The first-order chi connectivity index (χ1) is 5.77. The molecule has 2 unspecified atom stereocenters. The number of nitrogens with one attached hydrogen (secondary N) is 1. The fourth-order valence-electron chi connectivity index (χ4n) is 0.651. The molecule has 0 aliphatic carbocycles. The van der Waals surface area contributed by atoms with Crippen molar-refractivity contribution in [3.63, 3.8) is 0 Å². The lowest BCUT2D eigenvalue weighted by Crippen LogP contribution is -2.47. The van der Waals surface area contributed by atoms with Crippen molar-refractivity contribution < 1.29 is 15.0 Å². The second-order valence-electron chi connectivity index (χ2n) is 3.95. The predicted molar refractivity (Wildman–Crippen MR) is 50.6 cm³/mol. The molecule has 4 nitrogen and oxygen atoms in total. The van der Waals surface area contributed by atoms with Gasteiger partial charge >= 0.3 is 5.97 Å². The smallest absolute Gasteiger partial charge is 0.320 e. The summed E-state index contributed by atoms with van der Waals surface area (Å²) in [6, 6.07) is -0.620. The lowest BCUT2D eigenvalue weighted by atomic mass is 9.92. The summed E-state index contributed by atoms with van der Waals surface area (Å²) in [5.41, 5.74) is -0.857. The standard InChI is InChI=1S/C9H19NO3/c1-6(2)9(4,13)5-10-7(3)8(11)12/h6-7,10,13H,5H2,1-4H3,(H,11,12). The molecule has 0 amide bonds. The Morgan fingerprint density at radius 1 is 1.46 bits per heavy atom. The van der Waals surface area contributed by atoms with Crippen LogP contribution in [0.1, 0.15) is 27.7 Å². The van der Waals surface area contributed by atoms with Gasteiger partial charge in [0.15, 0.2) is 0 Å². The Kier molecular flexibility index (Phi) is 4.36. The quantitative estimate of drug-likeness (QED) is 0.587. The molecule has 0 rings (SSSR count). The molecule has 0 spiro atoms. The number of carboxylic acid groups (broad SMARTS) is 1. The second kappa shape index (κ2) is 4.58. The van der Waals surface area contributed by atoms with Crippen LogP contribution in [0.2, 0.25) is 0 Å². The number of rotatable bonds is 5. The Morgan fingerprint density at radius 3 is 2.23 bits per heavy atom. The predicted octanol–water partition coefficient (Wildman–Crippen LogP) is 0.456. The van der Waals surface area contributed by atoms with E-state index in [4.69, 9.17) is 5.11 Å². The summed E-state index contributed by atoms with van der Waals surface area (Å²) in [6.45, 7) is 7.33. The first-order valence-corrected chi connectivity index (χ1v) is 4.46. The molecular weight excluding hydrogens is 170 g/mol. The molecule has 0 aromatic rings. The van der Waals surface area contributed by atoms with E-state index in [1.165, 1.54) is 0 Å². The van der Waals surface area contributed by atoms with Crippen molar-refractivity contribution in [2.24, 2.45) is 5.92 Å². The molecule has 13 heavy (non-hydrogen) atoms. The van der Waals surface area contributed by atoms with E-state index in [0.717, 1.165) is 0 Å². The van der Waals surface area contributed by atoms with Gasteiger partial charge in [0.25, 0.3) is 0 Å². The van der Waals surface area contributed by atoms with Gasteiger partial charge in [-0.3, -0.25) is 4.79 Å². The van der Waals surface area contributed by atoms with E-state index in [2.05, 4.69) is 5.32 Å². The molecule has 0 bridgehead atoms. The van der Waals surface area contributed by atoms with Crippen LogP contribution in [0.3, 0.4) is 0 Å². The first kappa shape index (κ1) is 12.4. The third-order valence-corrected chi connectivity index (χ3v) is 2.38. The van der Waals surface area contributed by atoms with Gasteiger partial charge in [0, 0.05) is 6.54 Å². The number of hydrogen-bond acceptors (Lipinski definition) is 3. The van der Waals surface area contributed by atoms with Crippen LogP contribution in [0.4, 0.5) is 0 Å². The Morgan fingerprint density at radius 2 is 1.92 bits per heavy atom. The van der Waals surface area contributed by atoms with Crippen molar-refractivity contribution in [1.82, 2.24) is 5.32 Å². The molecule has 3 N–H and O–H groups in total. The summed E-state index contributed by atoms with van der Waals surface area (Å²) in [6.07, 6.45) is 0. The van der Waals surface area contributed by atoms with Gasteiger partial charge in [0.1, 0.15) is 6.04 Å². The van der Waals surface area contributed by atoms with Gasteiger partial charge in [-0.15, -0.1) is 0 Å². The highest BCUT2D eigenvalue weighted by Gasteiger charge is 2.25. The largest absolute Gasteiger partial charge is 0.480 e. The van der Waals surface area contributed by atoms with Crippen LogP contribution in [0.5, 0.6) is 0 Å². The molecule has 0 fully saturated rings. The highest BCUT2D eigenvalue weighted by molar-refractivity contribution is 5.72. The fourth-order valence-corrected chi connectivity index (χ4v) is 0.651. The maximum Gasteiger partial charge on any atom is 0.320 e. The van der Waals surface area contributed by atoms with E-state index in [1.54, 1.807) is 13.8 Å². The summed E-state index contributed by atoms with van der Waals surface area (Å²) < 4.78 is 0. The Bertz CT molecular complexity index is 178. The molecule has 78 valence electrons. The molecule has 0 heterocycles. The van der Waals surface area contributed by atoms with E-state index in [-0.39, 0.29) is 12.5 Å². The normalized spacial score (nSPS) is 18.3. The second-order valence-corrected chi connectivity index (χ2v) is 3.95. The van der Waals surface area contributed by atoms with Crippen molar-refractivity contribution in [3.8, 4) is 0 Å². The van der Waals surface area contributed by atoms with Crippen LogP contribution >= 0.6 is 0 Å². The average molecular weight is 189 g/mol. The summed E-state index contributed by atoms with van der Waals surface area (Å²) in [5.74, 6) is -0.805. The van der Waals surface area contributed by atoms with Crippen molar-refractivity contribution >= 4 is 5.97 Å². The average Bonchev–Trinajstić information content (AvgIpc) is 1.99.